The Labute approximate surface area is 184 Å². The van der Waals surface area contributed by atoms with Crippen LogP contribution in [0.1, 0.15) is 19.3 Å². The molecule has 2 N–H and O–H groups in total. The molecule has 28 heavy (non-hydrogen) atoms. The van der Waals surface area contributed by atoms with Crippen molar-refractivity contribution in [2.45, 2.75) is 25.4 Å². The Morgan fingerprint density at radius 3 is 2.50 bits per heavy atom. The Kier molecular flexibility index (Phi) is 9.83. The fourth-order valence-electron chi connectivity index (χ4n) is 3.52. The number of hydrogen-bond donors (Lipinski definition) is 2. The molecular formula is C20H32IN5O2. The van der Waals surface area contributed by atoms with Crippen LogP contribution in [-0.2, 0) is 9.53 Å². The highest BCUT2D eigenvalue weighted by Gasteiger charge is 2.30. The molecule has 8 heteroatoms. The number of hydrogen-bond acceptors (Lipinski definition) is 4. The van der Waals surface area contributed by atoms with E-state index >= 15 is 0 Å². The summed E-state index contributed by atoms with van der Waals surface area (Å²) in [6.45, 7) is 5.57. The van der Waals surface area contributed by atoms with Crippen molar-refractivity contribution < 1.29 is 9.53 Å². The van der Waals surface area contributed by atoms with Gasteiger partial charge in [0.2, 0.25) is 0 Å². The third-order valence-electron chi connectivity index (χ3n) is 5.05. The van der Waals surface area contributed by atoms with E-state index in [-0.39, 0.29) is 36.0 Å². The van der Waals surface area contributed by atoms with Crippen LogP contribution < -0.4 is 10.6 Å². The van der Waals surface area contributed by atoms with E-state index in [2.05, 4.69) is 32.7 Å². The van der Waals surface area contributed by atoms with Crippen molar-refractivity contribution in [2.75, 3.05) is 58.2 Å². The number of halogens is 1. The van der Waals surface area contributed by atoms with Crippen LogP contribution in [0.4, 0.5) is 5.69 Å². The number of carbonyl (C=O) groups excluding carboxylic acids is 1. The molecule has 1 amide bonds. The van der Waals surface area contributed by atoms with Gasteiger partial charge in [-0.05, 0) is 31.4 Å². The zero-order valence-electron chi connectivity index (χ0n) is 16.6. The predicted molar refractivity (Wildman–Crippen MR) is 123 cm³/mol. The number of benzene rings is 1. The number of amides is 1. The molecule has 156 valence electrons. The molecule has 2 saturated heterocycles. The molecule has 2 aliphatic heterocycles. The van der Waals surface area contributed by atoms with Crippen LogP contribution >= 0.6 is 24.0 Å². The van der Waals surface area contributed by atoms with Crippen LogP contribution in [-0.4, -0.2) is 80.7 Å². The molecule has 0 spiro atoms. The van der Waals surface area contributed by atoms with E-state index < -0.39 is 0 Å². The molecule has 3 rings (SSSR count). The Bertz CT molecular complexity index is 614. The van der Waals surface area contributed by atoms with Gasteiger partial charge in [-0.25, -0.2) is 0 Å². The van der Waals surface area contributed by atoms with Gasteiger partial charge in [-0.3, -0.25) is 9.79 Å². The van der Waals surface area contributed by atoms with E-state index in [4.69, 9.17) is 4.74 Å². The van der Waals surface area contributed by atoms with Crippen LogP contribution in [0.3, 0.4) is 0 Å². The molecule has 2 heterocycles. The minimum atomic E-state index is -0.217. The fourth-order valence-corrected chi connectivity index (χ4v) is 3.52. The van der Waals surface area contributed by atoms with E-state index in [9.17, 15) is 4.79 Å². The lowest BCUT2D eigenvalue weighted by molar-refractivity contribution is -0.142. The van der Waals surface area contributed by atoms with Crippen molar-refractivity contribution in [2.24, 2.45) is 4.99 Å². The second-order valence-corrected chi connectivity index (χ2v) is 6.93. The molecule has 1 aromatic carbocycles. The summed E-state index contributed by atoms with van der Waals surface area (Å²) in [5.74, 6) is 1.07. The van der Waals surface area contributed by atoms with Gasteiger partial charge in [-0.1, -0.05) is 18.2 Å². The third-order valence-corrected chi connectivity index (χ3v) is 5.05. The third kappa shape index (κ3) is 6.51. The molecule has 2 aliphatic rings. The van der Waals surface area contributed by atoms with Gasteiger partial charge in [0.1, 0.15) is 6.10 Å². The van der Waals surface area contributed by atoms with Crippen molar-refractivity contribution >= 4 is 41.5 Å². The first-order chi connectivity index (χ1) is 13.3. The first-order valence-corrected chi connectivity index (χ1v) is 9.93. The largest absolute Gasteiger partial charge is 0.385 e. The van der Waals surface area contributed by atoms with Crippen molar-refractivity contribution in [3.05, 3.63) is 30.3 Å². The standard InChI is InChI=1S/C20H31N5O2.HI/c1-21-20(23-11-6-10-22-17-7-3-2-4-8-17)25-14-12-24(13-15-25)19(26)18-9-5-16-27-18;/h2-4,7-8,18,22H,5-6,9-16H2,1H3,(H,21,23);1H. The van der Waals surface area contributed by atoms with E-state index in [0.29, 0.717) is 6.61 Å². The highest BCUT2D eigenvalue weighted by Crippen LogP contribution is 2.16. The van der Waals surface area contributed by atoms with Gasteiger partial charge in [0.15, 0.2) is 5.96 Å². The molecule has 1 atom stereocenters. The predicted octanol–water partition coefficient (Wildman–Crippen LogP) is 2.01. The number of ether oxygens (including phenoxy) is 1. The van der Waals surface area contributed by atoms with E-state index in [1.807, 2.05) is 30.1 Å². The highest BCUT2D eigenvalue weighted by atomic mass is 127. The number of piperazine rings is 1. The Balaban J connectivity index is 0.00000280. The molecule has 1 unspecified atom stereocenters. The highest BCUT2D eigenvalue weighted by molar-refractivity contribution is 14.0. The Hall–Kier alpha value is -1.55. The van der Waals surface area contributed by atoms with Crippen LogP contribution in [0.5, 0.6) is 0 Å². The monoisotopic (exact) mass is 501 g/mol. The van der Waals surface area contributed by atoms with Gasteiger partial charge >= 0.3 is 0 Å². The summed E-state index contributed by atoms with van der Waals surface area (Å²) in [5.41, 5.74) is 1.15. The smallest absolute Gasteiger partial charge is 0.251 e. The fraction of sp³-hybridized carbons (Fsp3) is 0.600. The first kappa shape index (κ1) is 22.7. The summed E-state index contributed by atoms with van der Waals surface area (Å²) in [6, 6.07) is 10.2. The number of anilines is 1. The molecule has 0 saturated carbocycles. The quantitative estimate of drug-likeness (QED) is 0.270. The lowest BCUT2D eigenvalue weighted by Gasteiger charge is -2.37. The van der Waals surface area contributed by atoms with Crippen LogP contribution in [0, 0.1) is 0 Å². The molecule has 0 aliphatic carbocycles. The number of guanidine groups is 1. The first-order valence-electron chi connectivity index (χ1n) is 9.93. The van der Waals surface area contributed by atoms with Crippen LogP contribution in [0.25, 0.3) is 0 Å². The summed E-state index contributed by atoms with van der Waals surface area (Å²) >= 11 is 0. The molecule has 0 bridgehead atoms. The Morgan fingerprint density at radius 2 is 1.86 bits per heavy atom. The SMILES string of the molecule is CN=C(NCCCNc1ccccc1)N1CCN(C(=O)C2CCCO2)CC1.I. The summed E-state index contributed by atoms with van der Waals surface area (Å²) in [5, 5.41) is 6.84. The molecule has 7 nitrogen and oxygen atoms in total. The number of rotatable bonds is 6. The topological polar surface area (TPSA) is 69.2 Å². The second kappa shape index (κ2) is 12.1. The molecule has 1 aromatic rings. The van der Waals surface area contributed by atoms with Gasteiger partial charge in [-0.15, -0.1) is 24.0 Å². The minimum absolute atomic E-state index is 0. The zero-order chi connectivity index (χ0) is 18.9. The lowest BCUT2D eigenvalue weighted by Crippen LogP contribution is -2.55. The van der Waals surface area contributed by atoms with Gasteiger partial charge in [-0.2, -0.15) is 0 Å². The summed E-state index contributed by atoms with van der Waals surface area (Å²) in [4.78, 5) is 21.0. The second-order valence-electron chi connectivity index (χ2n) is 6.93. The van der Waals surface area contributed by atoms with E-state index in [1.165, 1.54) is 0 Å². The van der Waals surface area contributed by atoms with Crippen LogP contribution in [0.15, 0.2) is 35.3 Å². The molecule has 2 fully saturated rings. The summed E-state index contributed by atoms with van der Waals surface area (Å²) in [7, 11) is 1.81. The average Bonchev–Trinajstić information content (AvgIpc) is 3.26. The summed E-state index contributed by atoms with van der Waals surface area (Å²) in [6.07, 6.45) is 2.64. The van der Waals surface area contributed by atoms with Gasteiger partial charge < -0.3 is 25.2 Å². The van der Waals surface area contributed by atoms with Gasteiger partial charge in [0.25, 0.3) is 5.91 Å². The lowest BCUT2D eigenvalue weighted by atomic mass is 10.2. The van der Waals surface area contributed by atoms with E-state index in [0.717, 1.165) is 70.2 Å². The van der Waals surface area contributed by atoms with Crippen molar-refractivity contribution in [3.63, 3.8) is 0 Å². The molecular weight excluding hydrogens is 469 g/mol. The summed E-state index contributed by atoms with van der Waals surface area (Å²) < 4.78 is 5.52. The maximum Gasteiger partial charge on any atom is 0.251 e. The Morgan fingerprint density at radius 1 is 1.14 bits per heavy atom. The molecule has 0 aromatic heterocycles. The van der Waals surface area contributed by atoms with Crippen molar-refractivity contribution in [1.82, 2.24) is 15.1 Å². The average molecular weight is 501 g/mol. The number of nitrogens with zero attached hydrogens (tertiary/aromatic N) is 3. The van der Waals surface area contributed by atoms with Gasteiger partial charge in [0, 0.05) is 58.6 Å². The van der Waals surface area contributed by atoms with Crippen molar-refractivity contribution in [1.29, 1.82) is 0 Å². The van der Waals surface area contributed by atoms with Crippen LogP contribution in [0.2, 0.25) is 0 Å². The number of nitrogens with one attached hydrogen (secondary N) is 2. The number of aliphatic imine (C=N–C) groups is 1. The van der Waals surface area contributed by atoms with Gasteiger partial charge in [0.05, 0.1) is 0 Å². The normalized spacial score (nSPS) is 19.9. The molecule has 0 radical (unpaired) electrons. The zero-order valence-corrected chi connectivity index (χ0v) is 18.9. The minimum Gasteiger partial charge on any atom is -0.385 e. The maximum atomic E-state index is 12.4. The van der Waals surface area contributed by atoms with Crippen molar-refractivity contribution in [3.8, 4) is 0 Å². The number of carbonyl (C=O) groups is 1. The number of para-hydroxylation sites is 1. The maximum absolute atomic E-state index is 12.4. The van der Waals surface area contributed by atoms with E-state index in [1.54, 1.807) is 0 Å².